The molecule has 9 heteroatoms. The zero-order valence-corrected chi connectivity index (χ0v) is 15.3. The second kappa shape index (κ2) is 7.12. The first-order chi connectivity index (χ1) is 13.5. The van der Waals surface area contributed by atoms with Gasteiger partial charge in [0.25, 0.3) is 11.6 Å². The lowest BCUT2D eigenvalue weighted by molar-refractivity contribution is -0.384. The van der Waals surface area contributed by atoms with E-state index in [-0.39, 0.29) is 18.1 Å². The van der Waals surface area contributed by atoms with E-state index in [0.29, 0.717) is 28.0 Å². The van der Waals surface area contributed by atoms with Gasteiger partial charge in [-0.25, -0.2) is 0 Å². The monoisotopic (exact) mass is 394 g/mol. The maximum absolute atomic E-state index is 12.7. The van der Waals surface area contributed by atoms with E-state index in [1.54, 1.807) is 53.2 Å². The minimum absolute atomic E-state index is 0.00864. The number of benzene rings is 1. The zero-order chi connectivity index (χ0) is 19.7. The molecule has 0 atom stereocenters. The number of nitrogens with zero attached hydrogens (tertiary/aromatic N) is 3. The highest BCUT2D eigenvalue weighted by atomic mass is 32.1. The topological polar surface area (TPSA) is 93.5 Å². The van der Waals surface area contributed by atoms with Crippen LogP contribution in [0.2, 0.25) is 0 Å². The summed E-state index contributed by atoms with van der Waals surface area (Å²) in [6.45, 7) is 0.237. The fourth-order valence-corrected chi connectivity index (χ4v) is 3.18. The van der Waals surface area contributed by atoms with Crippen molar-refractivity contribution in [1.82, 2.24) is 14.8 Å². The molecule has 1 aliphatic rings. The van der Waals surface area contributed by atoms with E-state index in [1.165, 1.54) is 23.3 Å². The first-order valence-corrected chi connectivity index (χ1v) is 8.73. The van der Waals surface area contributed by atoms with Crippen LogP contribution in [0.1, 0.15) is 11.5 Å². The van der Waals surface area contributed by atoms with E-state index in [1.807, 2.05) is 0 Å². The van der Waals surface area contributed by atoms with Crippen LogP contribution in [0, 0.1) is 10.1 Å². The second-order valence-corrected chi connectivity index (χ2v) is 6.43. The largest absolute Gasteiger partial charge is 0.467 e. The Morgan fingerprint density at radius 3 is 2.82 bits per heavy atom. The molecule has 1 amide bonds. The SMILES string of the molecule is O=C1/C(=C\c2cccn2-c2cccc([N+](=O)[O-])c2)NC(=S)N1Cc1ccco1. The molecule has 0 bridgehead atoms. The molecular formula is C19H14N4O4S. The fourth-order valence-electron chi connectivity index (χ4n) is 2.92. The zero-order valence-electron chi connectivity index (χ0n) is 14.4. The predicted octanol–water partition coefficient (Wildman–Crippen LogP) is 3.24. The second-order valence-electron chi connectivity index (χ2n) is 6.04. The molecule has 1 aromatic carbocycles. The third kappa shape index (κ3) is 3.30. The Balaban J connectivity index is 1.63. The van der Waals surface area contributed by atoms with Crippen molar-refractivity contribution in [3.05, 3.63) is 88.3 Å². The lowest BCUT2D eigenvalue weighted by atomic mass is 10.2. The molecule has 0 unspecified atom stereocenters. The molecule has 140 valence electrons. The standard InChI is InChI=1S/C19H14N4O4S/c24-18-17(20-19(28)22(18)12-16-7-3-9-27-16)11-14-6-2-8-21(14)13-4-1-5-15(10-13)23(25)26/h1-11H,12H2,(H,20,28)/b17-11+. The van der Waals surface area contributed by atoms with Crippen LogP contribution >= 0.6 is 12.2 Å². The number of hydrogen-bond donors (Lipinski definition) is 1. The van der Waals surface area contributed by atoms with Gasteiger partial charge >= 0.3 is 0 Å². The summed E-state index contributed by atoms with van der Waals surface area (Å²) in [7, 11) is 0. The average molecular weight is 394 g/mol. The summed E-state index contributed by atoms with van der Waals surface area (Å²) in [4.78, 5) is 24.7. The Morgan fingerprint density at radius 1 is 1.21 bits per heavy atom. The van der Waals surface area contributed by atoms with Gasteiger partial charge in [-0.3, -0.25) is 19.8 Å². The van der Waals surface area contributed by atoms with E-state index in [2.05, 4.69) is 5.32 Å². The number of non-ortho nitro benzene ring substituents is 1. The number of furan rings is 1. The van der Waals surface area contributed by atoms with Crippen molar-refractivity contribution in [2.24, 2.45) is 0 Å². The Kier molecular flexibility index (Phi) is 4.50. The lowest BCUT2D eigenvalue weighted by Gasteiger charge is -2.11. The minimum atomic E-state index is -0.446. The highest BCUT2D eigenvalue weighted by Gasteiger charge is 2.31. The molecule has 8 nitrogen and oxygen atoms in total. The van der Waals surface area contributed by atoms with Crippen LogP contribution in [0.5, 0.6) is 0 Å². The van der Waals surface area contributed by atoms with Crippen molar-refractivity contribution in [3.63, 3.8) is 0 Å². The maximum atomic E-state index is 12.7. The summed E-state index contributed by atoms with van der Waals surface area (Å²) in [5.41, 5.74) is 1.61. The summed E-state index contributed by atoms with van der Waals surface area (Å²) >= 11 is 5.27. The Morgan fingerprint density at radius 2 is 2.07 bits per heavy atom. The van der Waals surface area contributed by atoms with Gasteiger partial charge in [0.1, 0.15) is 11.5 Å². The van der Waals surface area contributed by atoms with Crippen LogP contribution in [0.3, 0.4) is 0 Å². The van der Waals surface area contributed by atoms with Gasteiger partial charge in [0.15, 0.2) is 5.11 Å². The molecule has 28 heavy (non-hydrogen) atoms. The molecule has 1 saturated heterocycles. The molecule has 0 aliphatic carbocycles. The first-order valence-electron chi connectivity index (χ1n) is 8.32. The van der Waals surface area contributed by atoms with E-state index in [4.69, 9.17) is 16.6 Å². The van der Waals surface area contributed by atoms with E-state index < -0.39 is 4.92 Å². The molecular weight excluding hydrogens is 380 g/mol. The van der Waals surface area contributed by atoms with E-state index in [0.717, 1.165) is 0 Å². The minimum Gasteiger partial charge on any atom is -0.467 e. The number of amides is 1. The number of aromatic nitrogens is 1. The third-order valence-corrected chi connectivity index (χ3v) is 4.57. The quantitative estimate of drug-likeness (QED) is 0.309. The van der Waals surface area contributed by atoms with Crippen LogP contribution in [0.4, 0.5) is 5.69 Å². The third-order valence-electron chi connectivity index (χ3n) is 4.25. The number of carbonyl (C=O) groups is 1. The number of thiocarbonyl (C=S) groups is 1. The van der Waals surface area contributed by atoms with E-state index >= 15 is 0 Å². The summed E-state index contributed by atoms with van der Waals surface area (Å²) in [5.74, 6) is 0.354. The Labute approximate surface area is 164 Å². The van der Waals surface area contributed by atoms with Gasteiger partial charge in [-0.15, -0.1) is 0 Å². The van der Waals surface area contributed by atoms with Crippen LogP contribution in [-0.4, -0.2) is 25.4 Å². The number of nitrogens with one attached hydrogen (secondary N) is 1. The highest BCUT2D eigenvalue weighted by Crippen LogP contribution is 2.22. The van der Waals surface area contributed by atoms with Gasteiger partial charge in [0.05, 0.1) is 23.4 Å². The summed E-state index contributed by atoms with van der Waals surface area (Å²) in [5, 5.41) is 14.2. The van der Waals surface area contributed by atoms with Gasteiger partial charge in [0, 0.05) is 24.0 Å². The Bertz CT molecular complexity index is 1100. The fraction of sp³-hybridized carbons (Fsp3) is 0.0526. The number of nitro benzene ring substituents is 1. The van der Waals surface area contributed by atoms with Crippen molar-refractivity contribution < 1.29 is 14.1 Å². The van der Waals surface area contributed by atoms with Gasteiger partial charge < -0.3 is 14.3 Å². The van der Waals surface area contributed by atoms with Crippen molar-refractivity contribution >= 4 is 35.0 Å². The molecule has 3 heterocycles. The summed E-state index contributed by atoms with van der Waals surface area (Å²) in [6, 6.07) is 13.4. The van der Waals surface area contributed by atoms with Crippen LogP contribution in [0.25, 0.3) is 11.8 Å². The van der Waals surface area contributed by atoms with Gasteiger partial charge in [-0.1, -0.05) is 6.07 Å². The predicted molar refractivity (Wildman–Crippen MR) is 105 cm³/mol. The number of nitro groups is 1. The first kappa shape index (κ1) is 17.7. The van der Waals surface area contributed by atoms with Gasteiger partial charge in [-0.2, -0.15) is 0 Å². The molecule has 2 aromatic heterocycles. The van der Waals surface area contributed by atoms with Crippen molar-refractivity contribution in [3.8, 4) is 5.69 Å². The summed E-state index contributed by atoms with van der Waals surface area (Å²) < 4.78 is 7.04. The molecule has 1 N–H and O–H groups in total. The normalized spacial score (nSPS) is 15.3. The van der Waals surface area contributed by atoms with Gasteiger partial charge in [-0.05, 0) is 48.6 Å². The lowest BCUT2D eigenvalue weighted by Crippen LogP contribution is -2.29. The molecule has 0 spiro atoms. The van der Waals surface area contributed by atoms with Crippen molar-refractivity contribution in [1.29, 1.82) is 0 Å². The van der Waals surface area contributed by atoms with E-state index in [9.17, 15) is 14.9 Å². The van der Waals surface area contributed by atoms with Crippen LogP contribution in [-0.2, 0) is 11.3 Å². The molecule has 3 aromatic rings. The van der Waals surface area contributed by atoms with Crippen molar-refractivity contribution in [2.45, 2.75) is 6.54 Å². The highest BCUT2D eigenvalue weighted by molar-refractivity contribution is 7.80. The number of carbonyl (C=O) groups excluding carboxylic acids is 1. The maximum Gasteiger partial charge on any atom is 0.277 e. The number of rotatable bonds is 5. The molecule has 1 fully saturated rings. The molecule has 4 rings (SSSR count). The van der Waals surface area contributed by atoms with Crippen molar-refractivity contribution in [2.75, 3.05) is 0 Å². The van der Waals surface area contributed by atoms with Gasteiger partial charge in [0.2, 0.25) is 0 Å². The molecule has 0 radical (unpaired) electrons. The Hall–Kier alpha value is -3.72. The smallest absolute Gasteiger partial charge is 0.277 e. The van der Waals surface area contributed by atoms with Crippen LogP contribution < -0.4 is 5.32 Å². The number of hydrogen-bond acceptors (Lipinski definition) is 5. The summed E-state index contributed by atoms with van der Waals surface area (Å²) in [6.07, 6.45) is 4.97. The average Bonchev–Trinajstić information content (AvgIpc) is 3.41. The molecule has 1 aliphatic heterocycles. The van der Waals surface area contributed by atoms with Crippen LogP contribution in [0.15, 0.2) is 71.1 Å². The molecule has 0 saturated carbocycles.